The Bertz CT molecular complexity index is 275. The van der Waals surface area contributed by atoms with E-state index >= 15 is 0 Å². The summed E-state index contributed by atoms with van der Waals surface area (Å²) in [7, 11) is 0. The minimum atomic E-state index is -0.937. The highest BCUT2D eigenvalue weighted by molar-refractivity contribution is 9.08. The third kappa shape index (κ3) is 1.77. The Kier molecular flexibility index (Phi) is 2.59. The lowest BCUT2D eigenvalue weighted by Gasteiger charge is -1.98. The Balaban J connectivity index is 3.12. The standard InChI is InChI=1S/C7H6BrNO2/c8-4-6-5(7(10)11)2-1-3-9-6/h1-3H,4H2,(H,10,11). The van der Waals surface area contributed by atoms with Crippen LogP contribution < -0.4 is 0 Å². The molecule has 0 spiro atoms. The van der Waals surface area contributed by atoms with Crippen LogP contribution in [0, 0.1) is 0 Å². The van der Waals surface area contributed by atoms with E-state index < -0.39 is 5.97 Å². The van der Waals surface area contributed by atoms with Gasteiger partial charge in [0.05, 0.1) is 11.3 Å². The number of alkyl halides is 1. The van der Waals surface area contributed by atoms with Crippen molar-refractivity contribution in [1.29, 1.82) is 0 Å². The molecule has 0 fully saturated rings. The molecule has 1 N–H and O–H groups in total. The van der Waals surface area contributed by atoms with Gasteiger partial charge in [-0.15, -0.1) is 0 Å². The molecule has 0 amide bonds. The molecule has 0 saturated heterocycles. The Morgan fingerprint density at radius 3 is 2.91 bits per heavy atom. The molecule has 1 aromatic rings. The van der Waals surface area contributed by atoms with Crippen LogP contribution in [0.1, 0.15) is 16.1 Å². The first kappa shape index (κ1) is 8.20. The van der Waals surface area contributed by atoms with Crippen molar-refractivity contribution >= 4 is 21.9 Å². The van der Waals surface area contributed by atoms with E-state index in [1.165, 1.54) is 6.07 Å². The van der Waals surface area contributed by atoms with Gasteiger partial charge < -0.3 is 5.11 Å². The predicted molar refractivity (Wildman–Crippen MR) is 43.8 cm³/mol. The van der Waals surface area contributed by atoms with E-state index in [0.29, 0.717) is 11.0 Å². The number of nitrogens with zero attached hydrogens (tertiary/aromatic N) is 1. The summed E-state index contributed by atoms with van der Waals surface area (Å²) >= 11 is 3.15. The van der Waals surface area contributed by atoms with Crippen LogP contribution in [0.15, 0.2) is 18.3 Å². The Labute approximate surface area is 72.2 Å². The van der Waals surface area contributed by atoms with Crippen LogP contribution in [-0.2, 0) is 5.33 Å². The summed E-state index contributed by atoms with van der Waals surface area (Å²) < 4.78 is 0. The number of halogens is 1. The van der Waals surface area contributed by atoms with E-state index in [9.17, 15) is 4.79 Å². The van der Waals surface area contributed by atoms with Gasteiger partial charge in [-0.1, -0.05) is 15.9 Å². The molecular formula is C7H6BrNO2. The number of pyridine rings is 1. The summed E-state index contributed by atoms with van der Waals surface area (Å²) in [4.78, 5) is 14.4. The van der Waals surface area contributed by atoms with Crippen molar-refractivity contribution in [2.75, 3.05) is 0 Å². The van der Waals surface area contributed by atoms with E-state index in [4.69, 9.17) is 5.11 Å². The van der Waals surface area contributed by atoms with Crippen LogP contribution in [-0.4, -0.2) is 16.1 Å². The maximum absolute atomic E-state index is 10.5. The fourth-order valence-electron chi connectivity index (χ4n) is 0.739. The van der Waals surface area contributed by atoms with Gasteiger partial charge in [0.2, 0.25) is 0 Å². The monoisotopic (exact) mass is 215 g/mol. The average Bonchev–Trinajstić information content (AvgIpc) is 2.04. The quantitative estimate of drug-likeness (QED) is 0.765. The smallest absolute Gasteiger partial charge is 0.337 e. The fraction of sp³-hybridized carbons (Fsp3) is 0.143. The lowest BCUT2D eigenvalue weighted by atomic mass is 10.2. The summed E-state index contributed by atoms with van der Waals surface area (Å²) in [5.74, 6) is -0.937. The molecule has 0 aliphatic rings. The Morgan fingerprint density at radius 2 is 2.45 bits per heavy atom. The van der Waals surface area contributed by atoms with E-state index in [-0.39, 0.29) is 5.56 Å². The third-order valence-electron chi connectivity index (χ3n) is 1.25. The zero-order valence-corrected chi connectivity index (χ0v) is 7.21. The van der Waals surface area contributed by atoms with Gasteiger partial charge in [0.25, 0.3) is 0 Å². The maximum Gasteiger partial charge on any atom is 0.337 e. The molecule has 58 valence electrons. The SMILES string of the molecule is O=C(O)c1cccnc1CBr. The minimum absolute atomic E-state index is 0.254. The molecule has 3 nitrogen and oxygen atoms in total. The molecule has 1 rings (SSSR count). The number of aromatic nitrogens is 1. The average molecular weight is 216 g/mol. The zero-order chi connectivity index (χ0) is 8.27. The summed E-state index contributed by atoms with van der Waals surface area (Å²) in [6, 6.07) is 3.14. The van der Waals surface area contributed by atoms with Crippen LogP contribution in [0.25, 0.3) is 0 Å². The van der Waals surface area contributed by atoms with Crippen molar-refractivity contribution in [1.82, 2.24) is 4.98 Å². The van der Waals surface area contributed by atoms with Crippen molar-refractivity contribution in [3.8, 4) is 0 Å². The summed E-state index contributed by atoms with van der Waals surface area (Å²) in [6.45, 7) is 0. The highest BCUT2D eigenvalue weighted by atomic mass is 79.9. The topological polar surface area (TPSA) is 50.2 Å². The van der Waals surface area contributed by atoms with Crippen molar-refractivity contribution in [2.24, 2.45) is 0 Å². The number of aromatic carboxylic acids is 1. The van der Waals surface area contributed by atoms with Crippen molar-refractivity contribution in [2.45, 2.75) is 5.33 Å². The lowest BCUT2D eigenvalue weighted by Crippen LogP contribution is -2.02. The molecule has 1 heterocycles. The van der Waals surface area contributed by atoms with Gasteiger partial charge in [-0.05, 0) is 12.1 Å². The second kappa shape index (κ2) is 3.48. The molecule has 0 saturated carbocycles. The zero-order valence-electron chi connectivity index (χ0n) is 5.62. The number of hydrogen-bond donors (Lipinski definition) is 1. The Hall–Kier alpha value is -0.900. The van der Waals surface area contributed by atoms with Gasteiger partial charge in [-0.2, -0.15) is 0 Å². The van der Waals surface area contributed by atoms with Gasteiger partial charge in [-0.25, -0.2) is 4.79 Å². The van der Waals surface area contributed by atoms with E-state index in [0.717, 1.165) is 0 Å². The first-order valence-electron chi connectivity index (χ1n) is 2.99. The highest BCUT2D eigenvalue weighted by Crippen LogP contribution is 2.08. The maximum atomic E-state index is 10.5. The third-order valence-corrected chi connectivity index (χ3v) is 1.78. The molecule has 1 aromatic heterocycles. The van der Waals surface area contributed by atoms with Gasteiger partial charge in [0.15, 0.2) is 0 Å². The largest absolute Gasteiger partial charge is 0.478 e. The first-order chi connectivity index (χ1) is 5.25. The summed E-state index contributed by atoms with van der Waals surface area (Å²) in [5, 5.41) is 9.10. The number of carboxylic acid groups (broad SMARTS) is 1. The normalized spacial score (nSPS) is 9.55. The van der Waals surface area contributed by atoms with Crippen molar-refractivity contribution in [3.05, 3.63) is 29.6 Å². The van der Waals surface area contributed by atoms with Crippen LogP contribution in [0.2, 0.25) is 0 Å². The fourth-order valence-corrected chi connectivity index (χ4v) is 1.19. The number of rotatable bonds is 2. The molecule has 0 aliphatic heterocycles. The minimum Gasteiger partial charge on any atom is -0.478 e. The predicted octanol–water partition coefficient (Wildman–Crippen LogP) is 1.67. The number of hydrogen-bond acceptors (Lipinski definition) is 2. The molecule has 0 radical (unpaired) electrons. The van der Waals surface area contributed by atoms with Crippen LogP contribution in [0.5, 0.6) is 0 Å². The molecule has 0 aliphatic carbocycles. The van der Waals surface area contributed by atoms with Crippen LogP contribution >= 0.6 is 15.9 Å². The highest BCUT2D eigenvalue weighted by Gasteiger charge is 2.07. The van der Waals surface area contributed by atoms with Gasteiger partial charge in [0, 0.05) is 11.5 Å². The van der Waals surface area contributed by atoms with Crippen molar-refractivity contribution in [3.63, 3.8) is 0 Å². The lowest BCUT2D eigenvalue weighted by molar-refractivity contribution is 0.0695. The molecule has 0 aromatic carbocycles. The molecule has 11 heavy (non-hydrogen) atoms. The van der Waals surface area contributed by atoms with Crippen LogP contribution in [0.3, 0.4) is 0 Å². The van der Waals surface area contributed by atoms with Crippen molar-refractivity contribution < 1.29 is 9.90 Å². The Morgan fingerprint density at radius 1 is 1.73 bits per heavy atom. The molecule has 0 unspecified atom stereocenters. The van der Waals surface area contributed by atoms with Gasteiger partial charge in [0.1, 0.15) is 0 Å². The van der Waals surface area contributed by atoms with Gasteiger partial charge >= 0.3 is 5.97 Å². The molecule has 0 atom stereocenters. The molecule has 4 heteroatoms. The van der Waals surface area contributed by atoms with E-state index in [1.807, 2.05) is 0 Å². The number of carboxylic acids is 1. The second-order valence-corrected chi connectivity index (χ2v) is 2.50. The summed E-state index contributed by atoms with van der Waals surface area (Å²) in [6.07, 6.45) is 1.57. The van der Waals surface area contributed by atoms with Gasteiger partial charge in [-0.3, -0.25) is 4.98 Å². The number of carbonyl (C=O) groups is 1. The van der Waals surface area contributed by atoms with Crippen LogP contribution in [0.4, 0.5) is 0 Å². The van der Waals surface area contributed by atoms with E-state index in [2.05, 4.69) is 20.9 Å². The second-order valence-electron chi connectivity index (χ2n) is 1.94. The summed E-state index contributed by atoms with van der Waals surface area (Å²) in [5.41, 5.74) is 0.810. The van der Waals surface area contributed by atoms with E-state index in [1.54, 1.807) is 12.3 Å². The molecule has 0 bridgehead atoms. The first-order valence-corrected chi connectivity index (χ1v) is 4.11. The molecular weight excluding hydrogens is 210 g/mol.